The van der Waals surface area contributed by atoms with E-state index in [4.69, 9.17) is 18.2 Å². The standard InChI is InChI=1S/C8H14NPS/c1-4-8-5-6-9(2)10(3,11)7-8/h1,8H,5-7H2,2-3H3. The molecule has 0 saturated carbocycles. The van der Waals surface area contributed by atoms with Gasteiger partial charge in [0.2, 0.25) is 0 Å². The Kier molecular flexibility index (Phi) is 2.75. The molecule has 0 amide bonds. The maximum Gasteiger partial charge on any atom is 0.0270 e. The predicted molar refractivity (Wildman–Crippen MR) is 54.6 cm³/mol. The average Bonchev–Trinajstić information content (AvgIpc) is 1.95. The van der Waals surface area contributed by atoms with Crippen LogP contribution in [0, 0.1) is 18.3 Å². The van der Waals surface area contributed by atoms with Gasteiger partial charge in [0.1, 0.15) is 0 Å². The Morgan fingerprint density at radius 1 is 1.73 bits per heavy atom. The summed E-state index contributed by atoms with van der Waals surface area (Å²) in [5.41, 5.74) is 0. The molecule has 1 rings (SSSR count). The Bertz CT molecular complexity index is 231. The smallest absolute Gasteiger partial charge is 0.0270 e. The highest BCUT2D eigenvalue weighted by molar-refractivity contribution is 8.13. The molecule has 1 aliphatic heterocycles. The quantitative estimate of drug-likeness (QED) is 0.418. The number of rotatable bonds is 0. The zero-order valence-corrected chi connectivity index (χ0v) is 8.79. The van der Waals surface area contributed by atoms with Crippen LogP contribution in [0.4, 0.5) is 0 Å². The summed E-state index contributed by atoms with van der Waals surface area (Å²) in [7, 11) is 2.12. The minimum Gasteiger partial charge on any atom is -0.278 e. The second-order valence-electron chi connectivity index (χ2n) is 3.27. The van der Waals surface area contributed by atoms with E-state index in [9.17, 15) is 0 Å². The summed E-state index contributed by atoms with van der Waals surface area (Å²) in [6, 6.07) is 0. The van der Waals surface area contributed by atoms with Crippen LogP contribution < -0.4 is 0 Å². The lowest BCUT2D eigenvalue weighted by molar-refractivity contribution is 0.459. The van der Waals surface area contributed by atoms with Crippen LogP contribution in [-0.2, 0) is 11.8 Å². The maximum atomic E-state index is 5.50. The van der Waals surface area contributed by atoms with Crippen LogP contribution in [0.25, 0.3) is 0 Å². The van der Waals surface area contributed by atoms with Crippen LogP contribution in [-0.4, -0.2) is 31.1 Å². The van der Waals surface area contributed by atoms with Gasteiger partial charge in [-0.2, -0.15) is 0 Å². The van der Waals surface area contributed by atoms with Crippen molar-refractivity contribution in [2.75, 3.05) is 26.4 Å². The van der Waals surface area contributed by atoms with Crippen molar-refractivity contribution in [2.24, 2.45) is 5.92 Å². The topological polar surface area (TPSA) is 3.24 Å². The van der Waals surface area contributed by atoms with Crippen LogP contribution in [0.15, 0.2) is 0 Å². The van der Waals surface area contributed by atoms with Gasteiger partial charge in [0, 0.05) is 24.8 Å². The van der Waals surface area contributed by atoms with E-state index in [1.165, 1.54) is 0 Å². The minimum absolute atomic E-state index is 0.446. The van der Waals surface area contributed by atoms with Gasteiger partial charge in [-0.3, -0.25) is 4.67 Å². The molecule has 1 nitrogen and oxygen atoms in total. The molecular formula is C8H14NPS. The van der Waals surface area contributed by atoms with Crippen LogP contribution in [0.3, 0.4) is 0 Å². The fourth-order valence-electron chi connectivity index (χ4n) is 1.33. The predicted octanol–water partition coefficient (Wildman–Crippen LogP) is 1.60. The third-order valence-electron chi connectivity index (χ3n) is 2.32. The van der Waals surface area contributed by atoms with Crippen LogP contribution >= 0.6 is 6.19 Å². The van der Waals surface area contributed by atoms with Gasteiger partial charge >= 0.3 is 0 Å². The monoisotopic (exact) mass is 187 g/mol. The molecule has 0 aromatic heterocycles. The van der Waals surface area contributed by atoms with E-state index in [0.717, 1.165) is 19.1 Å². The summed E-state index contributed by atoms with van der Waals surface area (Å²) in [6.07, 6.45) is 6.34. The van der Waals surface area contributed by atoms with E-state index in [-0.39, 0.29) is 0 Å². The highest BCUT2D eigenvalue weighted by Gasteiger charge is 2.26. The lowest BCUT2D eigenvalue weighted by Crippen LogP contribution is -2.27. The van der Waals surface area contributed by atoms with E-state index in [1.807, 2.05) is 0 Å². The molecule has 2 atom stereocenters. The van der Waals surface area contributed by atoms with Crippen molar-refractivity contribution in [3.05, 3.63) is 0 Å². The fourth-order valence-corrected chi connectivity index (χ4v) is 4.04. The second kappa shape index (κ2) is 3.27. The molecule has 1 heterocycles. The number of terminal acetylenes is 1. The van der Waals surface area contributed by atoms with Gasteiger partial charge in [-0.1, -0.05) is 11.8 Å². The van der Waals surface area contributed by atoms with Gasteiger partial charge in [0.25, 0.3) is 0 Å². The molecule has 0 aromatic rings. The summed E-state index contributed by atoms with van der Waals surface area (Å²) in [6.45, 7) is 3.27. The Morgan fingerprint density at radius 2 is 2.36 bits per heavy atom. The Labute approximate surface area is 74.2 Å². The highest BCUT2D eigenvalue weighted by atomic mass is 32.4. The van der Waals surface area contributed by atoms with Crippen molar-refractivity contribution in [1.29, 1.82) is 0 Å². The maximum absolute atomic E-state index is 5.50. The molecule has 2 unspecified atom stereocenters. The van der Waals surface area contributed by atoms with Crippen LogP contribution in [0.5, 0.6) is 0 Å². The summed E-state index contributed by atoms with van der Waals surface area (Å²) >= 11 is 5.50. The summed E-state index contributed by atoms with van der Waals surface area (Å²) in [5, 5.41) is 0. The van der Waals surface area contributed by atoms with Gasteiger partial charge in [0.05, 0.1) is 0 Å². The van der Waals surface area contributed by atoms with Crippen molar-refractivity contribution < 1.29 is 0 Å². The second-order valence-corrected chi connectivity index (χ2v) is 8.78. The first kappa shape index (κ1) is 9.26. The first-order valence-electron chi connectivity index (χ1n) is 3.80. The summed E-state index contributed by atoms with van der Waals surface area (Å²) in [5.74, 6) is 3.26. The zero-order valence-electron chi connectivity index (χ0n) is 7.08. The summed E-state index contributed by atoms with van der Waals surface area (Å²) < 4.78 is 2.32. The molecule has 0 bridgehead atoms. The van der Waals surface area contributed by atoms with E-state index in [0.29, 0.717) is 5.92 Å². The third kappa shape index (κ3) is 2.06. The van der Waals surface area contributed by atoms with Crippen LogP contribution in [0.1, 0.15) is 6.42 Å². The molecule has 0 spiro atoms. The van der Waals surface area contributed by atoms with Crippen molar-refractivity contribution in [3.63, 3.8) is 0 Å². The molecule has 0 aromatic carbocycles. The molecule has 0 aliphatic carbocycles. The van der Waals surface area contributed by atoms with Crippen molar-refractivity contribution in [1.82, 2.24) is 4.67 Å². The molecule has 62 valence electrons. The van der Waals surface area contributed by atoms with E-state index in [1.54, 1.807) is 0 Å². The first-order valence-corrected chi connectivity index (χ1v) is 7.19. The Balaban J connectivity index is 2.69. The molecule has 1 fully saturated rings. The lowest BCUT2D eigenvalue weighted by Gasteiger charge is -2.36. The summed E-state index contributed by atoms with van der Waals surface area (Å²) in [4.78, 5) is 0. The molecule has 1 saturated heterocycles. The highest BCUT2D eigenvalue weighted by Crippen LogP contribution is 2.49. The molecule has 0 N–H and O–H groups in total. The third-order valence-corrected chi connectivity index (χ3v) is 6.36. The molecule has 3 heteroatoms. The van der Waals surface area contributed by atoms with Crippen LogP contribution in [0.2, 0.25) is 0 Å². The van der Waals surface area contributed by atoms with E-state index < -0.39 is 6.19 Å². The van der Waals surface area contributed by atoms with E-state index in [2.05, 4.69) is 24.3 Å². The largest absolute Gasteiger partial charge is 0.278 e. The molecule has 1 aliphatic rings. The molecule has 11 heavy (non-hydrogen) atoms. The number of hydrogen-bond donors (Lipinski definition) is 0. The van der Waals surface area contributed by atoms with Gasteiger partial charge in [0.15, 0.2) is 0 Å². The molecular weight excluding hydrogens is 173 g/mol. The minimum atomic E-state index is -1.23. The van der Waals surface area contributed by atoms with Gasteiger partial charge in [-0.25, -0.2) is 0 Å². The molecule has 0 radical (unpaired) electrons. The zero-order chi connectivity index (χ0) is 8.48. The number of hydrogen-bond acceptors (Lipinski definition) is 1. The van der Waals surface area contributed by atoms with Crippen molar-refractivity contribution >= 4 is 18.0 Å². The lowest BCUT2D eigenvalue weighted by atomic mass is 10.1. The van der Waals surface area contributed by atoms with Gasteiger partial charge in [-0.05, 0) is 20.1 Å². The normalized spacial score (nSPS) is 39.9. The Hall–Kier alpha value is 0.170. The number of nitrogens with zero attached hydrogens (tertiary/aromatic N) is 1. The van der Waals surface area contributed by atoms with Gasteiger partial charge in [-0.15, -0.1) is 12.3 Å². The van der Waals surface area contributed by atoms with Gasteiger partial charge < -0.3 is 0 Å². The fraction of sp³-hybridized carbons (Fsp3) is 0.750. The SMILES string of the molecule is C#CC1CCN(C)P(C)(=S)C1. The average molecular weight is 187 g/mol. The first-order chi connectivity index (χ1) is 5.06. The van der Waals surface area contributed by atoms with E-state index >= 15 is 0 Å². The van der Waals surface area contributed by atoms with Crippen molar-refractivity contribution in [2.45, 2.75) is 6.42 Å². The van der Waals surface area contributed by atoms with Crippen molar-refractivity contribution in [3.8, 4) is 12.3 Å². The Morgan fingerprint density at radius 3 is 2.82 bits per heavy atom.